The van der Waals surface area contributed by atoms with Gasteiger partial charge in [0.05, 0.1) is 11.0 Å². The van der Waals surface area contributed by atoms with Gasteiger partial charge >= 0.3 is 0 Å². The Morgan fingerprint density at radius 3 is 2.76 bits per heavy atom. The zero-order valence-corrected chi connectivity index (χ0v) is 12.2. The number of anilines is 1. The SMILES string of the molecule is Cc1cccc(CCn2c(N)nc3cc(F)c(C)cc32)c1. The van der Waals surface area contributed by atoms with Crippen molar-refractivity contribution in [3.05, 3.63) is 58.9 Å². The first-order valence-corrected chi connectivity index (χ1v) is 7.02. The lowest BCUT2D eigenvalue weighted by Gasteiger charge is -2.08. The highest BCUT2D eigenvalue weighted by atomic mass is 19.1. The molecule has 3 nitrogen and oxygen atoms in total. The third-order valence-corrected chi connectivity index (χ3v) is 3.76. The monoisotopic (exact) mass is 283 g/mol. The van der Waals surface area contributed by atoms with E-state index in [0.717, 1.165) is 18.5 Å². The largest absolute Gasteiger partial charge is 0.369 e. The molecule has 2 N–H and O–H groups in total. The van der Waals surface area contributed by atoms with Crippen molar-refractivity contribution in [2.75, 3.05) is 5.73 Å². The van der Waals surface area contributed by atoms with Crippen LogP contribution in [0.25, 0.3) is 11.0 Å². The average Bonchev–Trinajstić information content (AvgIpc) is 2.72. The van der Waals surface area contributed by atoms with Crippen molar-refractivity contribution >= 4 is 17.0 Å². The van der Waals surface area contributed by atoms with Crippen molar-refractivity contribution < 1.29 is 4.39 Å². The molecule has 4 heteroatoms. The fourth-order valence-electron chi connectivity index (χ4n) is 2.61. The minimum Gasteiger partial charge on any atom is -0.369 e. The third kappa shape index (κ3) is 2.61. The molecule has 0 bridgehead atoms. The van der Waals surface area contributed by atoms with Crippen LogP contribution in [0.15, 0.2) is 36.4 Å². The van der Waals surface area contributed by atoms with Gasteiger partial charge in [-0.2, -0.15) is 0 Å². The van der Waals surface area contributed by atoms with E-state index in [1.165, 1.54) is 17.2 Å². The van der Waals surface area contributed by atoms with Crippen LogP contribution < -0.4 is 5.73 Å². The molecule has 0 unspecified atom stereocenters. The van der Waals surface area contributed by atoms with Crippen LogP contribution in [0.5, 0.6) is 0 Å². The first-order chi connectivity index (χ1) is 10.0. The molecule has 0 amide bonds. The zero-order valence-electron chi connectivity index (χ0n) is 12.2. The summed E-state index contributed by atoms with van der Waals surface area (Å²) in [6.07, 6.45) is 0.869. The van der Waals surface area contributed by atoms with E-state index >= 15 is 0 Å². The first-order valence-electron chi connectivity index (χ1n) is 7.02. The highest BCUT2D eigenvalue weighted by Gasteiger charge is 2.11. The van der Waals surface area contributed by atoms with Crippen molar-refractivity contribution in [3.63, 3.8) is 0 Å². The highest BCUT2D eigenvalue weighted by molar-refractivity contribution is 5.79. The Balaban J connectivity index is 1.93. The Bertz CT molecular complexity index is 805. The summed E-state index contributed by atoms with van der Waals surface area (Å²) in [5, 5.41) is 0. The van der Waals surface area contributed by atoms with E-state index < -0.39 is 0 Å². The third-order valence-electron chi connectivity index (χ3n) is 3.76. The van der Waals surface area contributed by atoms with E-state index in [-0.39, 0.29) is 5.82 Å². The number of hydrogen-bond acceptors (Lipinski definition) is 2. The van der Waals surface area contributed by atoms with Gasteiger partial charge in [-0.15, -0.1) is 0 Å². The summed E-state index contributed by atoms with van der Waals surface area (Å²) in [6.45, 7) is 4.57. The number of fused-ring (bicyclic) bond motifs is 1. The lowest BCUT2D eigenvalue weighted by molar-refractivity contribution is 0.620. The number of nitrogen functional groups attached to an aromatic ring is 1. The van der Waals surface area contributed by atoms with Crippen molar-refractivity contribution in [1.82, 2.24) is 9.55 Å². The minimum atomic E-state index is -0.245. The van der Waals surface area contributed by atoms with Crippen LogP contribution in [0.4, 0.5) is 10.3 Å². The zero-order chi connectivity index (χ0) is 15.0. The normalized spacial score (nSPS) is 11.2. The molecule has 3 rings (SSSR count). The van der Waals surface area contributed by atoms with Crippen LogP contribution in [0, 0.1) is 19.7 Å². The number of aryl methyl sites for hydroxylation is 4. The molecule has 0 saturated carbocycles. The van der Waals surface area contributed by atoms with Gasteiger partial charge in [0.15, 0.2) is 0 Å². The summed E-state index contributed by atoms with van der Waals surface area (Å²) < 4.78 is 15.5. The molecule has 3 aromatic rings. The van der Waals surface area contributed by atoms with E-state index in [4.69, 9.17) is 5.73 Å². The molecule has 1 heterocycles. The number of hydrogen-bond donors (Lipinski definition) is 1. The van der Waals surface area contributed by atoms with Crippen LogP contribution in [0.1, 0.15) is 16.7 Å². The van der Waals surface area contributed by atoms with Crippen molar-refractivity contribution in [2.45, 2.75) is 26.8 Å². The van der Waals surface area contributed by atoms with Gasteiger partial charge in [0, 0.05) is 12.6 Å². The van der Waals surface area contributed by atoms with Crippen LogP contribution in [0.2, 0.25) is 0 Å². The maximum Gasteiger partial charge on any atom is 0.201 e. The van der Waals surface area contributed by atoms with Gasteiger partial charge in [-0.25, -0.2) is 9.37 Å². The molecule has 1 aromatic heterocycles. The standard InChI is InChI=1S/C17H18FN3/c1-11-4-3-5-13(8-11)6-7-21-16-9-12(2)14(18)10-15(16)20-17(21)19/h3-5,8-10H,6-7H2,1-2H3,(H2,19,20). The second kappa shape index (κ2) is 5.20. The molecular formula is C17H18FN3. The van der Waals surface area contributed by atoms with E-state index in [2.05, 4.69) is 36.2 Å². The molecule has 0 atom stereocenters. The molecule has 0 spiro atoms. The molecule has 0 aliphatic carbocycles. The Labute approximate surface area is 123 Å². The smallest absolute Gasteiger partial charge is 0.201 e. The summed E-state index contributed by atoms with van der Waals surface area (Å²) in [4.78, 5) is 4.25. The molecule has 2 aromatic carbocycles. The summed E-state index contributed by atoms with van der Waals surface area (Å²) >= 11 is 0. The van der Waals surface area contributed by atoms with E-state index in [1.54, 1.807) is 6.92 Å². The lowest BCUT2D eigenvalue weighted by atomic mass is 10.1. The average molecular weight is 283 g/mol. The molecule has 0 radical (unpaired) electrons. The number of nitrogens with zero attached hydrogens (tertiary/aromatic N) is 2. The number of nitrogens with two attached hydrogens (primary N) is 1. The first kappa shape index (κ1) is 13.6. The van der Waals surface area contributed by atoms with E-state index in [9.17, 15) is 4.39 Å². The Morgan fingerprint density at radius 2 is 2.00 bits per heavy atom. The Kier molecular flexibility index (Phi) is 3.37. The summed E-state index contributed by atoms with van der Waals surface area (Å²) in [6, 6.07) is 11.7. The maximum absolute atomic E-state index is 13.6. The van der Waals surface area contributed by atoms with Crippen molar-refractivity contribution in [1.29, 1.82) is 0 Å². The number of halogens is 1. The Morgan fingerprint density at radius 1 is 1.19 bits per heavy atom. The van der Waals surface area contributed by atoms with Crippen molar-refractivity contribution in [3.8, 4) is 0 Å². The van der Waals surface area contributed by atoms with Gasteiger partial charge in [0.25, 0.3) is 0 Å². The predicted molar refractivity (Wildman–Crippen MR) is 83.7 cm³/mol. The van der Waals surface area contributed by atoms with Gasteiger partial charge in [-0.1, -0.05) is 29.8 Å². The molecule has 0 fully saturated rings. The van der Waals surface area contributed by atoms with E-state index in [0.29, 0.717) is 17.0 Å². The molecule has 0 aliphatic heterocycles. The molecule has 21 heavy (non-hydrogen) atoms. The minimum absolute atomic E-state index is 0.245. The number of aromatic nitrogens is 2. The van der Waals surface area contributed by atoms with Crippen molar-refractivity contribution in [2.24, 2.45) is 0 Å². The second-order valence-electron chi connectivity index (χ2n) is 5.45. The maximum atomic E-state index is 13.6. The fraction of sp³-hybridized carbons (Fsp3) is 0.235. The molecular weight excluding hydrogens is 265 g/mol. The number of imidazole rings is 1. The van der Waals surface area contributed by atoms with Crippen LogP contribution in [-0.4, -0.2) is 9.55 Å². The molecule has 0 saturated heterocycles. The quantitative estimate of drug-likeness (QED) is 0.798. The van der Waals surface area contributed by atoms with Crippen LogP contribution in [0.3, 0.4) is 0 Å². The van der Waals surface area contributed by atoms with Gasteiger partial charge < -0.3 is 10.3 Å². The highest BCUT2D eigenvalue weighted by Crippen LogP contribution is 2.22. The summed E-state index contributed by atoms with van der Waals surface area (Å²) in [5.41, 5.74) is 10.6. The van der Waals surface area contributed by atoms with E-state index in [1.807, 2.05) is 10.6 Å². The van der Waals surface area contributed by atoms with Gasteiger partial charge in [-0.05, 0) is 37.5 Å². The topological polar surface area (TPSA) is 43.8 Å². The Hall–Kier alpha value is -2.36. The molecule has 108 valence electrons. The second-order valence-corrected chi connectivity index (χ2v) is 5.45. The fourth-order valence-corrected chi connectivity index (χ4v) is 2.61. The van der Waals surface area contributed by atoms with Crippen LogP contribution in [-0.2, 0) is 13.0 Å². The summed E-state index contributed by atoms with van der Waals surface area (Å²) in [5.74, 6) is 0.188. The number of rotatable bonds is 3. The van der Waals surface area contributed by atoms with Gasteiger partial charge in [-0.3, -0.25) is 0 Å². The lowest BCUT2D eigenvalue weighted by Crippen LogP contribution is -2.06. The van der Waals surface area contributed by atoms with Crippen LogP contribution >= 0.6 is 0 Å². The summed E-state index contributed by atoms with van der Waals surface area (Å²) in [7, 11) is 0. The van der Waals surface area contributed by atoms with Gasteiger partial charge in [0.1, 0.15) is 5.82 Å². The molecule has 0 aliphatic rings. The number of benzene rings is 2. The predicted octanol–water partition coefficient (Wildman–Crippen LogP) is 3.62. The van der Waals surface area contributed by atoms with Gasteiger partial charge in [0.2, 0.25) is 5.95 Å².